The SMILES string of the molecule is CN(C)C(CNC(=O)c1ccc(N)c([N+](=O)[O-])c1)c1ccsc1. The van der Waals surface area contributed by atoms with Gasteiger partial charge in [-0.2, -0.15) is 11.3 Å². The third kappa shape index (κ3) is 4.05. The number of hydrogen-bond acceptors (Lipinski definition) is 6. The normalized spacial score (nSPS) is 12.1. The Morgan fingerprint density at radius 1 is 1.43 bits per heavy atom. The van der Waals surface area contributed by atoms with Crippen LogP contribution in [-0.4, -0.2) is 36.4 Å². The minimum Gasteiger partial charge on any atom is -0.393 e. The number of carbonyl (C=O) groups excluding carboxylic acids is 1. The lowest BCUT2D eigenvalue weighted by Crippen LogP contribution is -2.34. The molecule has 1 aromatic heterocycles. The van der Waals surface area contributed by atoms with Gasteiger partial charge in [0.2, 0.25) is 0 Å². The molecule has 0 spiro atoms. The summed E-state index contributed by atoms with van der Waals surface area (Å²) in [6.07, 6.45) is 0. The summed E-state index contributed by atoms with van der Waals surface area (Å²) in [7, 11) is 3.87. The van der Waals surface area contributed by atoms with Gasteiger partial charge in [-0.15, -0.1) is 0 Å². The van der Waals surface area contributed by atoms with E-state index in [1.807, 2.05) is 35.8 Å². The van der Waals surface area contributed by atoms with E-state index in [0.717, 1.165) is 5.56 Å². The van der Waals surface area contributed by atoms with Gasteiger partial charge in [0.1, 0.15) is 5.69 Å². The summed E-state index contributed by atoms with van der Waals surface area (Å²) in [5.74, 6) is -0.366. The summed E-state index contributed by atoms with van der Waals surface area (Å²) in [5, 5.41) is 17.7. The van der Waals surface area contributed by atoms with E-state index in [1.165, 1.54) is 18.2 Å². The molecule has 23 heavy (non-hydrogen) atoms. The van der Waals surface area contributed by atoms with Crippen molar-refractivity contribution in [3.8, 4) is 0 Å². The zero-order valence-electron chi connectivity index (χ0n) is 12.9. The van der Waals surface area contributed by atoms with Crippen LogP contribution in [0.2, 0.25) is 0 Å². The van der Waals surface area contributed by atoms with Crippen molar-refractivity contribution in [1.82, 2.24) is 10.2 Å². The Morgan fingerprint density at radius 2 is 2.17 bits per heavy atom. The molecule has 2 aromatic rings. The van der Waals surface area contributed by atoms with Gasteiger partial charge in [-0.3, -0.25) is 14.9 Å². The van der Waals surface area contributed by atoms with Crippen molar-refractivity contribution in [2.75, 3.05) is 26.4 Å². The van der Waals surface area contributed by atoms with Gasteiger partial charge in [-0.1, -0.05) is 0 Å². The van der Waals surface area contributed by atoms with Crippen LogP contribution < -0.4 is 11.1 Å². The Bertz CT molecular complexity index is 701. The second kappa shape index (κ2) is 7.21. The smallest absolute Gasteiger partial charge is 0.292 e. The van der Waals surface area contributed by atoms with Crippen LogP contribution in [0.25, 0.3) is 0 Å². The highest BCUT2D eigenvalue weighted by Gasteiger charge is 2.18. The van der Waals surface area contributed by atoms with Gasteiger partial charge in [0.05, 0.1) is 11.0 Å². The molecule has 0 saturated heterocycles. The van der Waals surface area contributed by atoms with Crippen molar-refractivity contribution in [2.24, 2.45) is 0 Å². The standard InChI is InChI=1S/C15H18N4O3S/c1-18(2)14(11-5-6-23-9-11)8-17-15(20)10-3-4-12(16)13(7-10)19(21)22/h3-7,9,14H,8,16H2,1-2H3,(H,17,20). The first kappa shape index (κ1) is 16.9. The van der Waals surface area contributed by atoms with E-state index >= 15 is 0 Å². The number of thiophene rings is 1. The van der Waals surface area contributed by atoms with E-state index in [-0.39, 0.29) is 28.9 Å². The number of nitro groups is 1. The van der Waals surface area contributed by atoms with Crippen LogP contribution in [-0.2, 0) is 0 Å². The molecule has 3 N–H and O–H groups in total. The molecule has 0 aliphatic rings. The highest BCUT2D eigenvalue weighted by atomic mass is 32.1. The molecular formula is C15H18N4O3S. The number of amides is 1. The first-order valence-corrected chi connectivity index (χ1v) is 7.85. The van der Waals surface area contributed by atoms with Crippen LogP contribution in [0.15, 0.2) is 35.0 Å². The topological polar surface area (TPSA) is 102 Å². The van der Waals surface area contributed by atoms with Crippen molar-refractivity contribution < 1.29 is 9.72 Å². The highest BCUT2D eigenvalue weighted by molar-refractivity contribution is 7.07. The number of likely N-dealkylation sites (N-methyl/N-ethyl adjacent to an activating group) is 1. The zero-order valence-corrected chi connectivity index (χ0v) is 13.7. The minimum atomic E-state index is -0.597. The van der Waals surface area contributed by atoms with Crippen LogP contribution >= 0.6 is 11.3 Å². The molecule has 7 nitrogen and oxygen atoms in total. The molecule has 2 rings (SSSR count). The van der Waals surface area contributed by atoms with E-state index in [2.05, 4.69) is 5.32 Å². The second-order valence-electron chi connectivity index (χ2n) is 5.28. The predicted molar refractivity (Wildman–Crippen MR) is 90.6 cm³/mol. The third-order valence-corrected chi connectivity index (χ3v) is 4.20. The molecule has 8 heteroatoms. The fourth-order valence-electron chi connectivity index (χ4n) is 2.20. The van der Waals surface area contributed by atoms with E-state index < -0.39 is 4.92 Å². The lowest BCUT2D eigenvalue weighted by atomic mass is 10.1. The molecule has 1 amide bonds. The highest BCUT2D eigenvalue weighted by Crippen LogP contribution is 2.23. The second-order valence-corrected chi connectivity index (χ2v) is 6.06. The molecule has 0 saturated carbocycles. The Hall–Kier alpha value is -2.45. The van der Waals surface area contributed by atoms with E-state index in [4.69, 9.17) is 5.73 Å². The number of benzene rings is 1. The number of nitrogens with two attached hydrogens (primary N) is 1. The number of nitrogen functional groups attached to an aromatic ring is 1. The Labute approximate surface area is 137 Å². The maximum absolute atomic E-state index is 12.2. The number of anilines is 1. The predicted octanol–water partition coefficient (Wildman–Crippen LogP) is 2.27. The zero-order chi connectivity index (χ0) is 17.0. The Kier molecular flexibility index (Phi) is 5.30. The van der Waals surface area contributed by atoms with Gasteiger partial charge in [0, 0.05) is 18.2 Å². The third-order valence-electron chi connectivity index (χ3n) is 3.50. The largest absolute Gasteiger partial charge is 0.393 e. The summed E-state index contributed by atoms with van der Waals surface area (Å²) < 4.78 is 0. The number of nitro benzene ring substituents is 1. The van der Waals surface area contributed by atoms with Gasteiger partial charge < -0.3 is 16.0 Å². The van der Waals surface area contributed by atoms with Gasteiger partial charge in [0.15, 0.2) is 0 Å². The number of nitrogens with one attached hydrogen (secondary N) is 1. The van der Waals surface area contributed by atoms with Crippen LogP contribution in [0.4, 0.5) is 11.4 Å². The van der Waals surface area contributed by atoms with E-state index in [9.17, 15) is 14.9 Å². The lowest BCUT2D eigenvalue weighted by Gasteiger charge is -2.24. The summed E-state index contributed by atoms with van der Waals surface area (Å²) >= 11 is 1.59. The maximum Gasteiger partial charge on any atom is 0.292 e. The number of rotatable bonds is 6. The lowest BCUT2D eigenvalue weighted by molar-refractivity contribution is -0.383. The molecule has 0 aliphatic heterocycles. The van der Waals surface area contributed by atoms with Gasteiger partial charge in [-0.05, 0) is 48.6 Å². The number of carbonyl (C=O) groups is 1. The monoisotopic (exact) mass is 334 g/mol. The molecule has 122 valence electrons. The average molecular weight is 334 g/mol. The molecule has 1 heterocycles. The quantitative estimate of drug-likeness (QED) is 0.479. The Balaban J connectivity index is 2.10. The van der Waals surface area contributed by atoms with Crippen molar-refractivity contribution in [3.63, 3.8) is 0 Å². The first-order valence-electron chi connectivity index (χ1n) is 6.90. The fraction of sp³-hybridized carbons (Fsp3) is 0.267. The number of hydrogen-bond donors (Lipinski definition) is 2. The van der Waals surface area contributed by atoms with Crippen molar-refractivity contribution >= 4 is 28.6 Å². The first-order chi connectivity index (χ1) is 10.9. The van der Waals surface area contributed by atoms with Gasteiger partial charge in [-0.25, -0.2) is 0 Å². The van der Waals surface area contributed by atoms with Crippen LogP contribution in [0, 0.1) is 10.1 Å². The minimum absolute atomic E-state index is 0.0361. The van der Waals surface area contributed by atoms with Crippen LogP contribution in [0.3, 0.4) is 0 Å². The maximum atomic E-state index is 12.2. The van der Waals surface area contributed by atoms with Crippen LogP contribution in [0.5, 0.6) is 0 Å². The van der Waals surface area contributed by atoms with Gasteiger partial charge in [0.25, 0.3) is 11.6 Å². The fourth-order valence-corrected chi connectivity index (χ4v) is 2.90. The summed E-state index contributed by atoms with van der Waals surface area (Å²) in [4.78, 5) is 24.5. The molecule has 0 bridgehead atoms. The van der Waals surface area contributed by atoms with E-state index in [1.54, 1.807) is 11.3 Å². The van der Waals surface area contributed by atoms with Crippen LogP contribution in [0.1, 0.15) is 22.0 Å². The van der Waals surface area contributed by atoms with E-state index in [0.29, 0.717) is 6.54 Å². The number of nitrogens with zero attached hydrogens (tertiary/aromatic N) is 2. The van der Waals surface area contributed by atoms with Crippen molar-refractivity contribution in [3.05, 3.63) is 56.3 Å². The summed E-state index contributed by atoms with van der Waals surface area (Å²) in [6.45, 7) is 0.404. The molecule has 0 radical (unpaired) electrons. The average Bonchev–Trinajstić information content (AvgIpc) is 3.01. The van der Waals surface area contributed by atoms with Crippen molar-refractivity contribution in [1.29, 1.82) is 0 Å². The molecular weight excluding hydrogens is 316 g/mol. The van der Waals surface area contributed by atoms with Crippen molar-refractivity contribution in [2.45, 2.75) is 6.04 Å². The molecule has 1 unspecified atom stereocenters. The molecule has 0 aliphatic carbocycles. The Morgan fingerprint density at radius 3 is 2.74 bits per heavy atom. The molecule has 1 atom stereocenters. The van der Waals surface area contributed by atoms with Gasteiger partial charge >= 0.3 is 0 Å². The molecule has 1 aromatic carbocycles. The molecule has 0 fully saturated rings. The summed E-state index contributed by atoms with van der Waals surface area (Å²) in [6, 6.07) is 6.09. The summed E-state index contributed by atoms with van der Waals surface area (Å²) in [5.41, 5.74) is 6.64.